The van der Waals surface area contributed by atoms with Crippen molar-refractivity contribution in [3.63, 3.8) is 0 Å². The van der Waals surface area contributed by atoms with Crippen LogP contribution in [0.5, 0.6) is 0 Å². The van der Waals surface area contributed by atoms with E-state index in [4.69, 9.17) is 4.74 Å². The molecule has 2 unspecified atom stereocenters. The van der Waals surface area contributed by atoms with E-state index in [1.807, 2.05) is 6.08 Å². The van der Waals surface area contributed by atoms with Crippen LogP contribution in [0.3, 0.4) is 0 Å². The van der Waals surface area contributed by atoms with Crippen LogP contribution in [0.25, 0.3) is 0 Å². The van der Waals surface area contributed by atoms with Crippen LogP contribution in [0.15, 0.2) is 24.3 Å². The molecule has 2 atom stereocenters. The molecule has 2 aliphatic heterocycles. The van der Waals surface area contributed by atoms with E-state index in [0.717, 1.165) is 13.2 Å². The van der Waals surface area contributed by atoms with E-state index in [0.29, 0.717) is 12.1 Å². The number of ether oxygens (including phenoxy) is 1. The third-order valence-corrected chi connectivity index (χ3v) is 5.03. The summed E-state index contributed by atoms with van der Waals surface area (Å²) >= 11 is 0. The van der Waals surface area contributed by atoms with E-state index < -0.39 is 0 Å². The summed E-state index contributed by atoms with van der Waals surface area (Å²) in [5, 5.41) is 0. The lowest BCUT2D eigenvalue weighted by atomic mass is 9.91. The molecule has 0 aromatic rings. The van der Waals surface area contributed by atoms with E-state index in [2.05, 4.69) is 24.6 Å². The van der Waals surface area contributed by atoms with Crippen LogP contribution in [0, 0.1) is 0 Å². The molecule has 2 heteroatoms. The molecule has 2 nitrogen and oxygen atoms in total. The van der Waals surface area contributed by atoms with Crippen molar-refractivity contribution in [3.05, 3.63) is 24.3 Å². The van der Waals surface area contributed by atoms with E-state index in [9.17, 15) is 0 Å². The van der Waals surface area contributed by atoms with E-state index >= 15 is 0 Å². The standard InChI is InChI=1S/C19H33NO/c1-3-4-5-6-7-8-9-10-11-12-17-13-18-15-21-16-19(14-17)20(18)2/h3,13,18-19H,1,4-12,14-16H2,2H3. The molecule has 0 aromatic heterocycles. The highest BCUT2D eigenvalue weighted by molar-refractivity contribution is 5.15. The summed E-state index contributed by atoms with van der Waals surface area (Å²) in [6.07, 6.45) is 18.0. The molecule has 2 rings (SSSR count). The summed E-state index contributed by atoms with van der Waals surface area (Å²) in [5.41, 5.74) is 1.69. The molecule has 120 valence electrons. The van der Waals surface area contributed by atoms with Crippen LogP contribution in [0.4, 0.5) is 0 Å². The van der Waals surface area contributed by atoms with Gasteiger partial charge in [-0.2, -0.15) is 0 Å². The minimum absolute atomic E-state index is 0.539. The quantitative estimate of drug-likeness (QED) is 0.427. The van der Waals surface area contributed by atoms with Gasteiger partial charge in [0.15, 0.2) is 0 Å². The number of allylic oxidation sites excluding steroid dienone is 1. The van der Waals surface area contributed by atoms with Gasteiger partial charge < -0.3 is 4.74 Å². The van der Waals surface area contributed by atoms with Crippen molar-refractivity contribution in [2.75, 3.05) is 20.3 Å². The van der Waals surface area contributed by atoms with Crippen LogP contribution in [0.1, 0.15) is 64.2 Å². The molecular formula is C19H33NO. The van der Waals surface area contributed by atoms with Crippen molar-refractivity contribution in [1.29, 1.82) is 0 Å². The second-order valence-electron chi connectivity index (χ2n) is 6.76. The van der Waals surface area contributed by atoms with Crippen molar-refractivity contribution in [2.45, 2.75) is 76.3 Å². The zero-order valence-corrected chi connectivity index (χ0v) is 13.9. The summed E-state index contributed by atoms with van der Waals surface area (Å²) in [6.45, 7) is 5.59. The molecule has 0 amide bonds. The summed E-state index contributed by atoms with van der Waals surface area (Å²) in [4.78, 5) is 2.50. The average molecular weight is 291 g/mol. The molecule has 0 N–H and O–H groups in total. The maximum Gasteiger partial charge on any atom is 0.0658 e. The van der Waals surface area contributed by atoms with Crippen LogP contribution >= 0.6 is 0 Å². The van der Waals surface area contributed by atoms with Crippen molar-refractivity contribution < 1.29 is 4.74 Å². The van der Waals surface area contributed by atoms with Crippen molar-refractivity contribution in [2.24, 2.45) is 0 Å². The Morgan fingerprint density at radius 3 is 2.57 bits per heavy atom. The van der Waals surface area contributed by atoms with Gasteiger partial charge in [0.25, 0.3) is 0 Å². The number of fused-ring (bicyclic) bond motifs is 2. The second-order valence-corrected chi connectivity index (χ2v) is 6.76. The molecule has 0 aliphatic carbocycles. The summed E-state index contributed by atoms with van der Waals surface area (Å²) in [6, 6.07) is 1.17. The predicted octanol–water partition coefficient (Wildman–Crippen LogP) is 4.71. The zero-order chi connectivity index (χ0) is 14.9. The Morgan fingerprint density at radius 1 is 1.14 bits per heavy atom. The van der Waals surface area contributed by atoms with Crippen molar-refractivity contribution in [3.8, 4) is 0 Å². The van der Waals surface area contributed by atoms with Gasteiger partial charge in [-0.1, -0.05) is 49.8 Å². The minimum atomic E-state index is 0.539. The average Bonchev–Trinajstić information content (AvgIpc) is 2.46. The van der Waals surface area contributed by atoms with Gasteiger partial charge in [-0.05, 0) is 39.2 Å². The summed E-state index contributed by atoms with van der Waals surface area (Å²) in [7, 11) is 2.25. The number of rotatable bonds is 10. The minimum Gasteiger partial charge on any atom is -0.378 e. The molecular weight excluding hydrogens is 258 g/mol. The van der Waals surface area contributed by atoms with Crippen LogP contribution < -0.4 is 0 Å². The third-order valence-electron chi connectivity index (χ3n) is 5.03. The highest BCUT2D eigenvalue weighted by Crippen LogP contribution is 2.28. The van der Waals surface area contributed by atoms with Crippen LogP contribution in [-0.4, -0.2) is 37.2 Å². The van der Waals surface area contributed by atoms with Gasteiger partial charge >= 0.3 is 0 Å². The highest BCUT2D eigenvalue weighted by atomic mass is 16.5. The number of morpholine rings is 1. The fourth-order valence-electron chi connectivity index (χ4n) is 3.55. The molecule has 2 aliphatic rings. The number of hydrogen-bond acceptors (Lipinski definition) is 2. The molecule has 0 spiro atoms. The maximum absolute atomic E-state index is 5.66. The molecule has 1 fully saturated rings. The first-order valence-corrected chi connectivity index (χ1v) is 8.91. The van der Waals surface area contributed by atoms with E-state index in [1.165, 1.54) is 64.2 Å². The van der Waals surface area contributed by atoms with Crippen molar-refractivity contribution >= 4 is 0 Å². The Morgan fingerprint density at radius 2 is 1.86 bits per heavy atom. The Kier molecular flexibility index (Phi) is 7.52. The largest absolute Gasteiger partial charge is 0.378 e. The molecule has 2 heterocycles. The first kappa shape index (κ1) is 16.8. The molecule has 0 radical (unpaired) electrons. The lowest BCUT2D eigenvalue weighted by molar-refractivity contribution is -0.0262. The Balaban J connectivity index is 1.52. The number of hydrogen-bond donors (Lipinski definition) is 0. The highest BCUT2D eigenvalue weighted by Gasteiger charge is 2.31. The normalized spacial score (nSPS) is 25.7. The van der Waals surface area contributed by atoms with Crippen molar-refractivity contribution in [1.82, 2.24) is 4.90 Å². The fourth-order valence-corrected chi connectivity index (χ4v) is 3.55. The monoisotopic (exact) mass is 291 g/mol. The SMILES string of the molecule is C=CCCCCCCCCCC1=CC2COCC(C1)N2C. The molecule has 0 aromatic carbocycles. The van der Waals surface area contributed by atoms with Gasteiger partial charge in [-0.15, -0.1) is 6.58 Å². The van der Waals surface area contributed by atoms with Gasteiger partial charge in [0.05, 0.1) is 19.3 Å². The van der Waals surface area contributed by atoms with Gasteiger partial charge in [-0.3, -0.25) is 4.90 Å². The fraction of sp³-hybridized carbons (Fsp3) is 0.789. The number of unbranched alkanes of at least 4 members (excludes halogenated alkanes) is 7. The smallest absolute Gasteiger partial charge is 0.0658 e. The number of likely N-dealkylation sites (N-methyl/N-ethyl adjacent to an activating group) is 1. The lowest BCUT2D eigenvalue weighted by Crippen LogP contribution is -2.51. The molecule has 1 saturated heterocycles. The number of nitrogens with zero attached hydrogens (tertiary/aromatic N) is 1. The Labute approximate surface area is 131 Å². The molecule has 2 bridgehead atoms. The maximum atomic E-state index is 5.66. The second kappa shape index (κ2) is 9.42. The third kappa shape index (κ3) is 5.60. The van der Waals surface area contributed by atoms with Gasteiger partial charge in [0, 0.05) is 6.04 Å². The van der Waals surface area contributed by atoms with Gasteiger partial charge in [0.2, 0.25) is 0 Å². The summed E-state index contributed by atoms with van der Waals surface area (Å²) < 4.78 is 5.66. The van der Waals surface area contributed by atoms with Crippen LogP contribution in [-0.2, 0) is 4.74 Å². The first-order valence-electron chi connectivity index (χ1n) is 8.91. The Bertz CT molecular complexity index is 336. The van der Waals surface area contributed by atoms with Gasteiger partial charge in [0.1, 0.15) is 0 Å². The van der Waals surface area contributed by atoms with Gasteiger partial charge in [-0.25, -0.2) is 0 Å². The first-order chi connectivity index (χ1) is 10.3. The predicted molar refractivity (Wildman–Crippen MR) is 90.6 cm³/mol. The topological polar surface area (TPSA) is 12.5 Å². The Hall–Kier alpha value is -0.600. The van der Waals surface area contributed by atoms with E-state index in [-0.39, 0.29) is 0 Å². The zero-order valence-electron chi connectivity index (χ0n) is 13.9. The molecule has 21 heavy (non-hydrogen) atoms. The van der Waals surface area contributed by atoms with E-state index in [1.54, 1.807) is 5.57 Å². The molecule has 0 saturated carbocycles. The van der Waals surface area contributed by atoms with Crippen LogP contribution in [0.2, 0.25) is 0 Å². The lowest BCUT2D eigenvalue weighted by Gasteiger charge is -2.42. The summed E-state index contributed by atoms with van der Waals surface area (Å²) in [5.74, 6) is 0.